The number of imidazole rings is 1. The number of nitrogens with zero attached hydrogens (tertiary/aromatic N) is 3. The molecule has 4 heteroatoms. The highest BCUT2D eigenvalue weighted by Crippen LogP contribution is 2.06. The molecule has 0 aliphatic carbocycles. The first-order valence-electron chi connectivity index (χ1n) is 5.46. The number of nitrogens with two attached hydrogens (primary N) is 1. The Hall–Kier alpha value is -1.13. The van der Waals surface area contributed by atoms with Gasteiger partial charge in [0.25, 0.3) is 0 Å². The van der Waals surface area contributed by atoms with Crippen molar-refractivity contribution in [2.24, 2.45) is 5.73 Å². The summed E-state index contributed by atoms with van der Waals surface area (Å²) >= 11 is 0. The molecular formula is C11H18N4. The van der Waals surface area contributed by atoms with E-state index >= 15 is 0 Å². The van der Waals surface area contributed by atoms with Gasteiger partial charge in [-0.3, -0.25) is 4.90 Å². The molecule has 0 atom stereocenters. The molecule has 1 aliphatic rings. The maximum Gasteiger partial charge on any atom is 0.0950 e. The smallest absolute Gasteiger partial charge is 0.0950 e. The third-order valence-corrected chi connectivity index (χ3v) is 2.60. The Balaban J connectivity index is 1.89. The van der Waals surface area contributed by atoms with E-state index in [9.17, 15) is 0 Å². The average molecular weight is 206 g/mol. The molecule has 2 rings (SSSR count). The lowest BCUT2D eigenvalue weighted by atomic mass is 10.2. The molecule has 0 bridgehead atoms. The summed E-state index contributed by atoms with van der Waals surface area (Å²) in [5.41, 5.74) is 6.62. The molecule has 1 aromatic rings. The van der Waals surface area contributed by atoms with Crippen LogP contribution in [0.25, 0.3) is 0 Å². The first kappa shape index (κ1) is 10.4. The Bertz CT molecular complexity index is 329. The van der Waals surface area contributed by atoms with Crippen LogP contribution in [-0.2, 0) is 13.1 Å². The van der Waals surface area contributed by atoms with E-state index in [1.54, 1.807) is 0 Å². The van der Waals surface area contributed by atoms with Crippen LogP contribution in [0.3, 0.4) is 0 Å². The number of aromatic nitrogens is 2. The summed E-state index contributed by atoms with van der Waals surface area (Å²) in [4.78, 5) is 6.77. The van der Waals surface area contributed by atoms with E-state index < -0.39 is 0 Å². The molecule has 2 N–H and O–H groups in total. The summed E-state index contributed by atoms with van der Waals surface area (Å²) in [6.45, 7) is 4.65. The van der Waals surface area contributed by atoms with Crippen LogP contribution in [0.2, 0.25) is 0 Å². The van der Waals surface area contributed by atoms with Gasteiger partial charge in [0, 0.05) is 38.9 Å². The zero-order chi connectivity index (χ0) is 10.5. The Kier molecular flexibility index (Phi) is 3.53. The predicted molar refractivity (Wildman–Crippen MR) is 60.3 cm³/mol. The third kappa shape index (κ3) is 2.91. The van der Waals surface area contributed by atoms with E-state index in [0.29, 0.717) is 6.54 Å². The molecule has 0 spiro atoms. The van der Waals surface area contributed by atoms with E-state index in [1.165, 1.54) is 0 Å². The minimum absolute atomic E-state index is 0.669. The first-order valence-corrected chi connectivity index (χ1v) is 5.46. The lowest BCUT2D eigenvalue weighted by Gasteiger charge is -2.21. The van der Waals surface area contributed by atoms with Crippen LogP contribution in [0.5, 0.6) is 0 Å². The minimum atomic E-state index is 0.669. The molecule has 0 unspecified atom stereocenters. The van der Waals surface area contributed by atoms with Gasteiger partial charge in [-0.25, -0.2) is 4.98 Å². The molecule has 0 radical (unpaired) electrons. The van der Waals surface area contributed by atoms with E-state index in [0.717, 1.165) is 38.3 Å². The maximum absolute atomic E-state index is 5.49. The van der Waals surface area contributed by atoms with Crippen molar-refractivity contribution < 1.29 is 0 Å². The molecule has 15 heavy (non-hydrogen) atoms. The second-order valence-corrected chi connectivity index (χ2v) is 3.89. The van der Waals surface area contributed by atoms with Gasteiger partial charge in [0.15, 0.2) is 0 Å². The van der Waals surface area contributed by atoms with Gasteiger partial charge in [0.2, 0.25) is 0 Å². The number of rotatable bonds is 4. The summed E-state index contributed by atoms with van der Waals surface area (Å²) in [6, 6.07) is 0. The molecule has 0 amide bonds. The Labute approximate surface area is 90.4 Å². The maximum atomic E-state index is 5.49. The minimum Gasteiger partial charge on any atom is -0.336 e. The van der Waals surface area contributed by atoms with Crippen molar-refractivity contribution in [2.45, 2.75) is 19.5 Å². The molecule has 4 nitrogen and oxygen atoms in total. The SMILES string of the molecule is NCCn1cnc(CN2CC=CCC2)c1. The lowest BCUT2D eigenvalue weighted by molar-refractivity contribution is 0.287. The highest BCUT2D eigenvalue weighted by Gasteiger charge is 2.08. The van der Waals surface area contributed by atoms with E-state index in [-0.39, 0.29) is 0 Å². The quantitative estimate of drug-likeness (QED) is 0.734. The Morgan fingerprint density at radius 1 is 1.40 bits per heavy atom. The lowest BCUT2D eigenvalue weighted by Crippen LogP contribution is -2.26. The van der Waals surface area contributed by atoms with Crippen LogP contribution in [0.1, 0.15) is 12.1 Å². The van der Waals surface area contributed by atoms with Crippen molar-refractivity contribution in [2.75, 3.05) is 19.6 Å². The second kappa shape index (κ2) is 5.09. The second-order valence-electron chi connectivity index (χ2n) is 3.89. The number of hydrogen-bond acceptors (Lipinski definition) is 3. The third-order valence-electron chi connectivity index (χ3n) is 2.60. The van der Waals surface area contributed by atoms with Crippen LogP contribution in [0.4, 0.5) is 0 Å². The summed E-state index contributed by atoms with van der Waals surface area (Å²) in [5.74, 6) is 0. The van der Waals surface area contributed by atoms with Crippen molar-refractivity contribution >= 4 is 0 Å². The first-order chi connectivity index (χ1) is 7.38. The summed E-state index contributed by atoms with van der Waals surface area (Å²) in [5, 5.41) is 0. The van der Waals surface area contributed by atoms with Gasteiger partial charge < -0.3 is 10.3 Å². The van der Waals surface area contributed by atoms with Gasteiger partial charge in [-0.15, -0.1) is 0 Å². The van der Waals surface area contributed by atoms with Gasteiger partial charge in [0.1, 0.15) is 0 Å². The summed E-state index contributed by atoms with van der Waals surface area (Å²) < 4.78 is 2.05. The van der Waals surface area contributed by atoms with Crippen LogP contribution in [0.15, 0.2) is 24.7 Å². The highest BCUT2D eigenvalue weighted by molar-refractivity contribution is 4.99. The fourth-order valence-electron chi connectivity index (χ4n) is 1.82. The fraction of sp³-hybridized carbons (Fsp3) is 0.545. The van der Waals surface area contributed by atoms with E-state index in [1.807, 2.05) is 6.33 Å². The van der Waals surface area contributed by atoms with Gasteiger partial charge in [-0.2, -0.15) is 0 Å². The van der Waals surface area contributed by atoms with Gasteiger partial charge in [-0.05, 0) is 6.42 Å². The largest absolute Gasteiger partial charge is 0.336 e. The molecular weight excluding hydrogens is 188 g/mol. The van der Waals surface area contributed by atoms with Crippen molar-refractivity contribution in [1.82, 2.24) is 14.5 Å². The summed E-state index contributed by atoms with van der Waals surface area (Å²) in [7, 11) is 0. The Morgan fingerprint density at radius 3 is 3.07 bits per heavy atom. The molecule has 1 aliphatic heterocycles. The van der Waals surface area contributed by atoms with Crippen molar-refractivity contribution in [1.29, 1.82) is 0 Å². The van der Waals surface area contributed by atoms with Crippen molar-refractivity contribution in [3.63, 3.8) is 0 Å². The molecule has 0 saturated heterocycles. The summed E-state index contributed by atoms with van der Waals surface area (Å²) in [6.07, 6.45) is 9.57. The van der Waals surface area contributed by atoms with E-state index in [4.69, 9.17) is 5.73 Å². The average Bonchev–Trinajstić information content (AvgIpc) is 2.68. The Morgan fingerprint density at radius 2 is 2.33 bits per heavy atom. The molecule has 1 aromatic heterocycles. The van der Waals surface area contributed by atoms with Crippen LogP contribution in [0, 0.1) is 0 Å². The van der Waals surface area contributed by atoms with Crippen LogP contribution in [-0.4, -0.2) is 34.1 Å². The monoisotopic (exact) mass is 206 g/mol. The van der Waals surface area contributed by atoms with Gasteiger partial charge in [0.05, 0.1) is 12.0 Å². The predicted octanol–water partition coefficient (Wildman–Crippen LogP) is 0.604. The van der Waals surface area contributed by atoms with Gasteiger partial charge in [-0.1, -0.05) is 12.2 Å². The van der Waals surface area contributed by atoms with Crippen LogP contribution < -0.4 is 5.73 Å². The zero-order valence-electron chi connectivity index (χ0n) is 8.97. The fourth-order valence-corrected chi connectivity index (χ4v) is 1.82. The van der Waals surface area contributed by atoms with Crippen molar-refractivity contribution in [3.05, 3.63) is 30.4 Å². The molecule has 82 valence electrons. The normalized spacial score (nSPS) is 17.1. The van der Waals surface area contributed by atoms with Crippen LogP contribution >= 0.6 is 0 Å². The zero-order valence-corrected chi connectivity index (χ0v) is 8.97. The molecule has 0 aromatic carbocycles. The topological polar surface area (TPSA) is 47.1 Å². The molecule has 2 heterocycles. The van der Waals surface area contributed by atoms with Crippen molar-refractivity contribution in [3.8, 4) is 0 Å². The molecule has 0 fully saturated rings. The van der Waals surface area contributed by atoms with Gasteiger partial charge >= 0.3 is 0 Å². The highest BCUT2D eigenvalue weighted by atomic mass is 15.1. The van der Waals surface area contributed by atoms with E-state index in [2.05, 4.69) is 32.8 Å². The number of hydrogen-bond donors (Lipinski definition) is 1. The molecule has 0 saturated carbocycles. The standard InChI is InChI=1S/C11H18N4/c12-4-7-15-9-11(13-10-15)8-14-5-2-1-3-6-14/h1-2,9-10H,3-8,12H2.